The summed E-state index contributed by atoms with van der Waals surface area (Å²) in [6.07, 6.45) is 2.40. The fourth-order valence-electron chi connectivity index (χ4n) is 3.19. The summed E-state index contributed by atoms with van der Waals surface area (Å²) < 4.78 is 12.5. The summed E-state index contributed by atoms with van der Waals surface area (Å²) in [5.74, 6) is -0.123. The van der Waals surface area contributed by atoms with Crippen molar-refractivity contribution in [1.29, 1.82) is 0 Å². The number of nitrogens with zero attached hydrogens (tertiary/aromatic N) is 2. The van der Waals surface area contributed by atoms with E-state index < -0.39 is 11.9 Å². The van der Waals surface area contributed by atoms with Crippen LogP contribution >= 0.6 is 23.4 Å². The number of hydrogen-bond donors (Lipinski definition) is 2. The van der Waals surface area contributed by atoms with Crippen molar-refractivity contribution in [1.82, 2.24) is 9.78 Å². The molecule has 30 heavy (non-hydrogen) atoms. The van der Waals surface area contributed by atoms with Gasteiger partial charge >= 0.3 is 11.9 Å². The van der Waals surface area contributed by atoms with Gasteiger partial charge in [-0.25, -0.2) is 4.79 Å². The molecule has 1 aliphatic rings. The van der Waals surface area contributed by atoms with Crippen molar-refractivity contribution in [2.24, 2.45) is 0 Å². The summed E-state index contributed by atoms with van der Waals surface area (Å²) in [6, 6.07) is 3.45. The number of halogens is 1. The molecule has 2 heterocycles. The molecule has 0 atom stereocenters. The number of thioether (sulfide) groups is 1. The number of ether oxygens (including phenoxy) is 2. The summed E-state index contributed by atoms with van der Waals surface area (Å²) in [6.45, 7) is 2.71. The van der Waals surface area contributed by atoms with Crippen molar-refractivity contribution in [2.75, 3.05) is 12.5 Å². The lowest BCUT2D eigenvalue weighted by molar-refractivity contribution is -0.137. The van der Waals surface area contributed by atoms with Crippen molar-refractivity contribution in [3.8, 4) is 11.5 Å². The summed E-state index contributed by atoms with van der Waals surface area (Å²) in [5, 5.41) is 24.1. The maximum absolute atomic E-state index is 12.1. The van der Waals surface area contributed by atoms with Crippen LogP contribution < -0.4 is 9.47 Å². The first-order chi connectivity index (χ1) is 14.4. The Labute approximate surface area is 183 Å². The van der Waals surface area contributed by atoms with Crippen LogP contribution in [0, 0.1) is 0 Å². The van der Waals surface area contributed by atoms with Gasteiger partial charge in [-0.1, -0.05) is 18.5 Å². The van der Waals surface area contributed by atoms with Crippen molar-refractivity contribution in [2.45, 2.75) is 50.6 Å². The largest absolute Gasteiger partial charge is 0.481 e. The first-order valence-electron chi connectivity index (χ1n) is 9.66. The van der Waals surface area contributed by atoms with Crippen molar-refractivity contribution in [3.05, 3.63) is 34.0 Å². The monoisotopic (exact) mass is 454 g/mol. The maximum atomic E-state index is 12.1. The molecular formula is C20H23ClN2O6S. The first-order valence-corrected chi connectivity index (χ1v) is 11.0. The van der Waals surface area contributed by atoms with Crippen LogP contribution in [0.2, 0.25) is 5.02 Å². The van der Waals surface area contributed by atoms with Crippen LogP contribution in [0.1, 0.15) is 54.2 Å². The van der Waals surface area contributed by atoms with E-state index in [4.69, 9.17) is 26.2 Å². The van der Waals surface area contributed by atoms with Crippen LogP contribution in [0.5, 0.6) is 11.5 Å². The van der Waals surface area contributed by atoms with E-state index in [1.807, 2.05) is 6.92 Å². The molecule has 10 heteroatoms. The Hall–Kier alpha value is -2.39. The molecule has 0 unspecified atom stereocenters. The zero-order valence-corrected chi connectivity index (χ0v) is 18.1. The van der Waals surface area contributed by atoms with Gasteiger partial charge in [-0.3, -0.25) is 9.48 Å². The number of aromatic nitrogens is 2. The molecule has 1 aromatic carbocycles. The van der Waals surface area contributed by atoms with E-state index in [1.54, 1.807) is 16.8 Å². The molecule has 0 spiro atoms. The minimum absolute atomic E-state index is 0.102. The molecule has 0 amide bonds. The fraction of sp³-hybridized carbons (Fsp3) is 0.450. The topological polar surface area (TPSA) is 111 Å². The Morgan fingerprint density at radius 2 is 1.97 bits per heavy atom. The second-order valence-corrected chi connectivity index (χ2v) is 8.32. The number of benzene rings is 1. The highest BCUT2D eigenvalue weighted by molar-refractivity contribution is 7.99. The third-order valence-corrected chi connectivity index (χ3v) is 6.00. The lowest BCUT2D eigenvalue weighted by Gasteiger charge is -2.10. The highest BCUT2D eigenvalue weighted by Crippen LogP contribution is 2.38. The molecule has 3 rings (SSSR count). The van der Waals surface area contributed by atoms with E-state index in [1.165, 1.54) is 11.8 Å². The number of carboxylic acid groups (broad SMARTS) is 2. The Kier molecular flexibility index (Phi) is 7.49. The fourth-order valence-corrected chi connectivity index (χ4v) is 4.46. The number of carbonyl (C=O) groups is 2. The molecule has 0 aliphatic carbocycles. The number of aryl methyl sites for hydroxylation is 1. The average Bonchev–Trinajstić information content (AvgIpc) is 3.26. The molecule has 2 aromatic rings. The van der Waals surface area contributed by atoms with Crippen molar-refractivity contribution in [3.63, 3.8) is 0 Å². The molecule has 0 saturated heterocycles. The van der Waals surface area contributed by atoms with Gasteiger partial charge in [0.05, 0.1) is 5.69 Å². The maximum Gasteiger partial charge on any atom is 0.340 e. The molecule has 1 aromatic heterocycles. The predicted octanol–water partition coefficient (Wildman–Crippen LogP) is 4.31. The number of carboxylic acids is 2. The smallest absolute Gasteiger partial charge is 0.340 e. The van der Waals surface area contributed by atoms with E-state index in [-0.39, 0.29) is 18.8 Å². The Morgan fingerprint density at radius 3 is 2.63 bits per heavy atom. The molecule has 1 aliphatic heterocycles. The third kappa shape index (κ3) is 5.20. The zero-order valence-electron chi connectivity index (χ0n) is 16.5. The van der Waals surface area contributed by atoms with Crippen molar-refractivity contribution < 1.29 is 29.3 Å². The SMILES string of the molecule is CCCn1nc(SCCCCC(=O)O)c(C(=O)O)c1Cc1cc2c(cc1Cl)OCO2. The molecule has 2 N–H and O–H groups in total. The summed E-state index contributed by atoms with van der Waals surface area (Å²) in [5.41, 5.74) is 1.48. The highest BCUT2D eigenvalue weighted by atomic mass is 35.5. The minimum atomic E-state index is -1.04. The number of aromatic carboxylic acids is 1. The van der Waals surface area contributed by atoms with E-state index in [2.05, 4.69) is 5.10 Å². The van der Waals surface area contributed by atoms with Gasteiger partial charge in [0.25, 0.3) is 0 Å². The van der Waals surface area contributed by atoms with Gasteiger partial charge in [0, 0.05) is 30.5 Å². The second kappa shape index (κ2) is 10.1. The van der Waals surface area contributed by atoms with E-state index in [9.17, 15) is 14.7 Å². The number of unbranched alkanes of at least 4 members (excludes halogenated alkanes) is 1. The van der Waals surface area contributed by atoms with E-state index in [0.29, 0.717) is 58.8 Å². The van der Waals surface area contributed by atoms with Crippen LogP contribution in [-0.4, -0.2) is 44.5 Å². The summed E-state index contributed by atoms with van der Waals surface area (Å²) in [7, 11) is 0. The normalized spacial score (nSPS) is 12.3. The Balaban J connectivity index is 1.86. The van der Waals surface area contributed by atoms with Crippen LogP contribution in [-0.2, 0) is 17.8 Å². The number of aliphatic carboxylic acids is 1. The van der Waals surface area contributed by atoms with Gasteiger partial charge in [0.2, 0.25) is 6.79 Å². The predicted molar refractivity (Wildman–Crippen MR) is 112 cm³/mol. The molecule has 0 fully saturated rings. The summed E-state index contributed by atoms with van der Waals surface area (Å²) >= 11 is 7.74. The van der Waals surface area contributed by atoms with Crippen LogP contribution in [0.25, 0.3) is 0 Å². The van der Waals surface area contributed by atoms with Crippen molar-refractivity contribution >= 4 is 35.3 Å². The van der Waals surface area contributed by atoms with Gasteiger partial charge in [0.1, 0.15) is 10.6 Å². The van der Waals surface area contributed by atoms with Crippen LogP contribution in [0.4, 0.5) is 0 Å². The number of rotatable bonds is 11. The quantitative estimate of drug-likeness (QED) is 0.381. The van der Waals surface area contributed by atoms with Gasteiger partial charge in [-0.2, -0.15) is 5.10 Å². The van der Waals surface area contributed by atoms with E-state index >= 15 is 0 Å². The lowest BCUT2D eigenvalue weighted by atomic mass is 10.1. The highest BCUT2D eigenvalue weighted by Gasteiger charge is 2.25. The molecular weight excluding hydrogens is 432 g/mol. The minimum Gasteiger partial charge on any atom is -0.481 e. The molecule has 162 valence electrons. The average molecular weight is 455 g/mol. The molecule has 0 bridgehead atoms. The molecule has 8 nitrogen and oxygen atoms in total. The van der Waals surface area contributed by atoms with Gasteiger partial charge in [-0.15, -0.1) is 11.8 Å². The zero-order chi connectivity index (χ0) is 21.7. The molecule has 0 radical (unpaired) electrons. The van der Waals surface area contributed by atoms with Gasteiger partial charge < -0.3 is 19.7 Å². The summed E-state index contributed by atoms with van der Waals surface area (Å²) in [4.78, 5) is 22.7. The Morgan fingerprint density at radius 1 is 1.23 bits per heavy atom. The van der Waals surface area contributed by atoms with Gasteiger partial charge in [0.15, 0.2) is 11.5 Å². The second-order valence-electron chi connectivity index (χ2n) is 6.83. The van der Waals surface area contributed by atoms with Crippen LogP contribution in [0.15, 0.2) is 17.2 Å². The third-order valence-electron chi connectivity index (χ3n) is 4.60. The van der Waals surface area contributed by atoms with Gasteiger partial charge in [-0.05, 0) is 36.6 Å². The first kappa shape index (κ1) is 22.3. The van der Waals surface area contributed by atoms with E-state index in [0.717, 1.165) is 12.0 Å². The van der Waals surface area contributed by atoms with Crippen LogP contribution in [0.3, 0.4) is 0 Å². The standard InChI is InChI=1S/C20H23ClN2O6S/c1-2-6-23-14(8-12-9-15-16(10-13(12)21)29-11-28-15)18(20(26)27)19(22-23)30-7-4-3-5-17(24)25/h9-10H,2-8,11H2,1H3,(H,24,25)(H,26,27). The lowest BCUT2D eigenvalue weighted by Crippen LogP contribution is -2.09. The number of fused-ring (bicyclic) bond motifs is 1. The number of hydrogen-bond acceptors (Lipinski definition) is 6. The molecule has 0 saturated carbocycles. The Bertz CT molecular complexity index is 946.